The monoisotopic (exact) mass is 590 g/mol. The molecule has 2 unspecified atom stereocenters. The third-order valence-electron chi connectivity index (χ3n) is 5.83. The molecule has 0 radical (unpaired) electrons. The van der Waals surface area contributed by atoms with Gasteiger partial charge < -0.3 is 31.6 Å². The predicted molar refractivity (Wildman–Crippen MR) is 138 cm³/mol. The number of carbonyl (C=O) groups is 3. The number of nitrogens with one attached hydrogen (secondary N) is 1. The van der Waals surface area contributed by atoms with Gasteiger partial charge in [0.2, 0.25) is 18.2 Å². The third-order valence-corrected chi connectivity index (χ3v) is 9.28. The number of anilines is 2. The van der Waals surface area contributed by atoms with Gasteiger partial charge >= 0.3 is 5.97 Å². The number of thiazole rings is 1. The lowest BCUT2D eigenvalue weighted by atomic mass is 9.89. The van der Waals surface area contributed by atoms with Gasteiger partial charge in [0, 0.05) is 23.4 Å². The molecule has 3 atom stereocenters. The molecule has 5 rings (SSSR count). The molecule has 20 heteroatoms. The maximum Gasteiger partial charge on any atom is 0.313 e. The Kier molecular flexibility index (Phi) is 7.11. The molecular formula is C19H18N12O5S3. The number of carbonyl (C=O) groups excluding carboxylic acids is 2. The number of nitrogens with zero attached hydrogens (tertiary/aromatic N) is 9. The zero-order valence-corrected chi connectivity index (χ0v) is 22.1. The fourth-order valence-corrected chi connectivity index (χ4v) is 7.17. The van der Waals surface area contributed by atoms with Crippen LogP contribution in [0.5, 0.6) is 0 Å². The van der Waals surface area contributed by atoms with Crippen molar-refractivity contribution in [2.75, 3.05) is 36.1 Å². The SMILES string of the molecule is N#CCON=C(C(=O)NC1C(=O)N2CC(CSc3cc(N)c4nnnn4n3)(C(=O)O)CS[C@H]12)c1csc(N)n1. The number of hydrogen-bond donors (Lipinski definition) is 4. The highest BCUT2D eigenvalue weighted by Gasteiger charge is 2.57. The minimum Gasteiger partial charge on any atom is -0.481 e. The minimum atomic E-state index is -1.28. The number of aromatic nitrogens is 6. The van der Waals surface area contributed by atoms with Gasteiger partial charge in [-0.05, 0) is 16.5 Å². The number of aliphatic carboxylic acids is 1. The van der Waals surface area contributed by atoms with Crippen molar-refractivity contribution in [1.82, 2.24) is 40.5 Å². The van der Waals surface area contributed by atoms with Crippen molar-refractivity contribution in [3.63, 3.8) is 0 Å². The van der Waals surface area contributed by atoms with Crippen LogP contribution in [0.15, 0.2) is 21.6 Å². The van der Waals surface area contributed by atoms with Crippen molar-refractivity contribution >= 4 is 74.8 Å². The molecule has 6 N–H and O–H groups in total. The first-order chi connectivity index (χ1) is 18.7. The van der Waals surface area contributed by atoms with Crippen molar-refractivity contribution < 1.29 is 24.3 Å². The molecule has 2 fully saturated rings. The first-order valence-corrected chi connectivity index (χ1v) is 13.9. The summed E-state index contributed by atoms with van der Waals surface area (Å²) in [5.41, 5.74) is 10.8. The Bertz CT molecular complexity index is 1540. The number of oxime groups is 1. The average molecular weight is 591 g/mol. The van der Waals surface area contributed by atoms with Crippen molar-refractivity contribution in [3.05, 3.63) is 17.1 Å². The summed E-state index contributed by atoms with van der Waals surface area (Å²) in [5, 5.41) is 41.9. The van der Waals surface area contributed by atoms with Crippen LogP contribution < -0.4 is 16.8 Å². The second-order valence-electron chi connectivity index (χ2n) is 8.37. The molecule has 2 amide bonds. The van der Waals surface area contributed by atoms with Crippen LogP contribution in [-0.4, -0.2) is 99.8 Å². The number of thioether (sulfide) groups is 2. The van der Waals surface area contributed by atoms with E-state index in [1.807, 2.05) is 0 Å². The van der Waals surface area contributed by atoms with Crippen LogP contribution in [0, 0.1) is 16.7 Å². The van der Waals surface area contributed by atoms with E-state index >= 15 is 0 Å². The van der Waals surface area contributed by atoms with Gasteiger partial charge in [-0.15, -0.1) is 49.7 Å². The molecule has 0 aliphatic carbocycles. The first-order valence-electron chi connectivity index (χ1n) is 10.9. The molecule has 0 spiro atoms. The van der Waals surface area contributed by atoms with Crippen molar-refractivity contribution in [3.8, 4) is 6.07 Å². The van der Waals surface area contributed by atoms with E-state index in [1.54, 1.807) is 12.1 Å². The van der Waals surface area contributed by atoms with Crippen LogP contribution in [-0.2, 0) is 19.2 Å². The Morgan fingerprint density at radius 1 is 1.44 bits per heavy atom. The van der Waals surface area contributed by atoms with Crippen molar-refractivity contribution in [2.24, 2.45) is 10.6 Å². The minimum absolute atomic E-state index is 0.0599. The zero-order valence-electron chi connectivity index (χ0n) is 19.6. The van der Waals surface area contributed by atoms with E-state index in [-0.39, 0.29) is 45.9 Å². The summed E-state index contributed by atoms with van der Waals surface area (Å²) < 4.78 is 1.16. The van der Waals surface area contributed by atoms with E-state index in [4.69, 9.17) is 21.6 Å². The Labute approximate surface area is 230 Å². The van der Waals surface area contributed by atoms with Crippen LogP contribution in [0.3, 0.4) is 0 Å². The second-order valence-corrected chi connectivity index (χ2v) is 11.4. The van der Waals surface area contributed by atoms with Crippen LogP contribution in [0.4, 0.5) is 10.8 Å². The van der Waals surface area contributed by atoms with E-state index in [2.05, 4.69) is 36.1 Å². The number of β-lactam (4-membered cyclic amide) rings is 1. The number of rotatable bonds is 9. The lowest BCUT2D eigenvalue weighted by molar-refractivity contribution is -0.157. The molecule has 0 saturated carbocycles. The molecule has 3 aromatic rings. The maximum atomic E-state index is 13.0. The molecule has 2 aliphatic rings. The molecule has 17 nitrogen and oxygen atoms in total. The topological polar surface area (TPSA) is 253 Å². The number of nitriles is 1. The standard InChI is InChI=1S/C19H18N12O5S3/c20-1-2-36-27-11(9-4-37-18(22)23-9)14(32)24-12-15(33)30-5-19(17(34)35,7-39-16(12)30)6-38-10-3-8(21)13-25-28-29-31(13)26-10/h3-4,12,16H,2,5-7,21H2,(H2,22,23)(H,24,32)(H,34,35)/t12?,16-,19?/m1/s1. The normalized spacial score (nSPS) is 22.6. The van der Waals surface area contributed by atoms with E-state index in [1.165, 1.54) is 22.0 Å². The summed E-state index contributed by atoms with van der Waals surface area (Å²) in [5.74, 6) is -1.98. The van der Waals surface area contributed by atoms with Gasteiger partial charge in [0.25, 0.3) is 5.91 Å². The molecule has 3 aromatic heterocycles. The Morgan fingerprint density at radius 3 is 2.97 bits per heavy atom. The van der Waals surface area contributed by atoms with Crippen molar-refractivity contribution in [2.45, 2.75) is 16.4 Å². The van der Waals surface area contributed by atoms with Gasteiger partial charge in [-0.1, -0.05) is 5.16 Å². The first kappa shape index (κ1) is 26.4. The fraction of sp³-hybridized carbons (Fsp3) is 0.368. The number of amides is 2. The van der Waals surface area contributed by atoms with Gasteiger partial charge in [0.15, 0.2) is 10.8 Å². The van der Waals surface area contributed by atoms with Gasteiger partial charge in [-0.3, -0.25) is 14.4 Å². The summed E-state index contributed by atoms with van der Waals surface area (Å²) in [6.45, 7) is -0.457. The number of carboxylic acids is 1. The predicted octanol–water partition coefficient (Wildman–Crippen LogP) is -1.35. The van der Waals surface area contributed by atoms with E-state index in [0.717, 1.165) is 27.7 Å². The van der Waals surface area contributed by atoms with E-state index < -0.39 is 41.2 Å². The summed E-state index contributed by atoms with van der Waals surface area (Å²) >= 11 is 3.48. The Hall–Kier alpha value is -4.22. The number of nitrogen functional groups attached to an aromatic ring is 2. The maximum absolute atomic E-state index is 13.0. The highest BCUT2D eigenvalue weighted by Crippen LogP contribution is 2.44. The van der Waals surface area contributed by atoms with Crippen LogP contribution >= 0.6 is 34.9 Å². The van der Waals surface area contributed by atoms with Gasteiger partial charge in [0.05, 0.1) is 5.69 Å². The quantitative estimate of drug-likeness (QED) is 0.0738. The lowest BCUT2D eigenvalue weighted by Crippen LogP contribution is -2.74. The number of nitrogens with two attached hydrogens (primary N) is 2. The lowest BCUT2D eigenvalue weighted by Gasteiger charge is -2.53. The van der Waals surface area contributed by atoms with E-state index in [9.17, 15) is 19.5 Å². The van der Waals surface area contributed by atoms with Gasteiger partial charge in [0.1, 0.15) is 33.6 Å². The Balaban J connectivity index is 1.26. The summed E-state index contributed by atoms with van der Waals surface area (Å²) in [4.78, 5) is 48.6. The number of hydrogen-bond acceptors (Lipinski definition) is 16. The molecule has 202 valence electrons. The average Bonchev–Trinajstić information content (AvgIpc) is 3.57. The molecular weight excluding hydrogens is 572 g/mol. The molecule has 2 aliphatic heterocycles. The molecule has 39 heavy (non-hydrogen) atoms. The van der Waals surface area contributed by atoms with Crippen LogP contribution in [0.25, 0.3) is 5.65 Å². The van der Waals surface area contributed by atoms with Crippen molar-refractivity contribution in [1.29, 1.82) is 5.26 Å². The molecule has 5 heterocycles. The van der Waals surface area contributed by atoms with Gasteiger partial charge in [-0.25, -0.2) is 4.98 Å². The molecule has 0 aromatic carbocycles. The largest absolute Gasteiger partial charge is 0.481 e. The highest BCUT2D eigenvalue weighted by molar-refractivity contribution is 8.00. The number of tetrazole rings is 1. The van der Waals surface area contributed by atoms with Crippen LogP contribution in [0.2, 0.25) is 0 Å². The highest BCUT2D eigenvalue weighted by atomic mass is 32.2. The molecule has 2 saturated heterocycles. The Morgan fingerprint density at radius 2 is 2.26 bits per heavy atom. The zero-order chi connectivity index (χ0) is 27.7. The summed E-state index contributed by atoms with van der Waals surface area (Å²) in [6, 6.07) is 2.38. The third kappa shape index (κ3) is 4.98. The van der Waals surface area contributed by atoms with Crippen LogP contribution in [0.1, 0.15) is 5.69 Å². The number of carboxylic acid groups (broad SMARTS) is 1. The smallest absolute Gasteiger partial charge is 0.313 e. The molecule has 0 bridgehead atoms. The number of fused-ring (bicyclic) bond motifs is 2. The summed E-state index contributed by atoms with van der Waals surface area (Å²) in [6.07, 6.45) is 0. The van der Waals surface area contributed by atoms with Gasteiger partial charge in [-0.2, -0.15) is 5.26 Å². The second kappa shape index (κ2) is 10.5. The van der Waals surface area contributed by atoms with E-state index in [0.29, 0.717) is 5.03 Å². The fourth-order valence-electron chi connectivity index (χ4n) is 3.87. The summed E-state index contributed by atoms with van der Waals surface area (Å²) in [7, 11) is 0.